The molecule has 1 N–H and O–H groups in total. The third kappa shape index (κ3) is 4.55. The smallest absolute Gasteiger partial charge is 0.164 e. The molecule has 1 rings (SSSR count). The van der Waals surface area contributed by atoms with E-state index in [9.17, 15) is 5.11 Å². The van der Waals surface area contributed by atoms with E-state index in [1.807, 2.05) is 39.8 Å². The van der Waals surface area contributed by atoms with Gasteiger partial charge in [0.1, 0.15) is 12.7 Å². The standard InChI is InChI=1S/C16H24ClN3O/c1-6-14(17)8-7-13(2)9-10-16(21,15(3,4)5)20-12-18-11-19-20/h6-8,11-12,21H,2,9-10H2,1,3-5H3/b8-7-,14-6+. The Kier molecular flexibility index (Phi) is 5.93. The Bertz CT molecular complexity index is 526. The van der Waals surface area contributed by atoms with E-state index in [-0.39, 0.29) is 5.41 Å². The number of hydrogen-bond donors (Lipinski definition) is 1. The molecule has 0 aliphatic heterocycles. The highest BCUT2D eigenvalue weighted by molar-refractivity contribution is 6.31. The highest BCUT2D eigenvalue weighted by Crippen LogP contribution is 2.38. The molecule has 0 fully saturated rings. The van der Waals surface area contributed by atoms with Crippen molar-refractivity contribution in [3.63, 3.8) is 0 Å². The van der Waals surface area contributed by atoms with Gasteiger partial charge < -0.3 is 5.11 Å². The average Bonchev–Trinajstić information content (AvgIpc) is 2.95. The molecule has 1 unspecified atom stereocenters. The van der Waals surface area contributed by atoms with Gasteiger partial charge in [0.25, 0.3) is 0 Å². The molecular formula is C16H24ClN3O. The van der Waals surface area contributed by atoms with Crippen LogP contribution in [0.1, 0.15) is 40.5 Å². The van der Waals surface area contributed by atoms with Crippen LogP contribution < -0.4 is 0 Å². The molecule has 4 nitrogen and oxygen atoms in total. The molecule has 0 aliphatic rings. The van der Waals surface area contributed by atoms with E-state index < -0.39 is 5.72 Å². The third-order valence-electron chi connectivity index (χ3n) is 3.55. The van der Waals surface area contributed by atoms with Gasteiger partial charge in [-0.3, -0.25) is 0 Å². The molecule has 1 aromatic heterocycles. The predicted octanol–water partition coefficient (Wildman–Crippen LogP) is 4.00. The number of allylic oxidation sites excluding steroid dienone is 5. The molecule has 21 heavy (non-hydrogen) atoms. The van der Waals surface area contributed by atoms with Crippen LogP contribution in [0, 0.1) is 5.41 Å². The maximum Gasteiger partial charge on any atom is 0.164 e. The van der Waals surface area contributed by atoms with Crippen molar-refractivity contribution >= 4 is 11.6 Å². The van der Waals surface area contributed by atoms with E-state index in [2.05, 4.69) is 16.7 Å². The minimum Gasteiger partial charge on any atom is -0.369 e. The minimum atomic E-state index is -1.12. The third-order valence-corrected chi connectivity index (χ3v) is 3.89. The van der Waals surface area contributed by atoms with Crippen molar-refractivity contribution < 1.29 is 5.11 Å². The zero-order valence-corrected chi connectivity index (χ0v) is 13.9. The number of hydrogen-bond acceptors (Lipinski definition) is 3. The van der Waals surface area contributed by atoms with E-state index in [1.54, 1.807) is 12.4 Å². The lowest BCUT2D eigenvalue weighted by Crippen LogP contribution is -2.46. The van der Waals surface area contributed by atoms with Gasteiger partial charge in [-0.2, -0.15) is 5.10 Å². The van der Waals surface area contributed by atoms with Gasteiger partial charge in [-0.25, -0.2) is 9.67 Å². The van der Waals surface area contributed by atoms with Crippen LogP contribution in [-0.2, 0) is 5.72 Å². The summed E-state index contributed by atoms with van der Waals surface area (Å²) in [5, 5.41) is 15.8. The van der Waals surface area contributed by atoms with Crippen LogP contribution >= 0.6 is 11.6 Å². The Morgan fingerprint density at radius 3 is 2.52 bits per heavy atom. The number of aliphatic hydroxyl groups is 1. The van der Waals surface area contributed by atoms with Crippen LogP contribution in [0.4, 0.5) is 0 Å². The lowest BCUT2D eigenvalue weighted by molar-refractivity contribution is -0.143. The van der Waals surface area contributed by atoms with E-state index in [0.29, 0.717) is 17.9 Å². The second kappa shape index (κ2) is 7.05. The van der Waals surface area contributed by atoms with Crippen molar-refractivity contribution in [1.82, 2.24) is 14.8 Å². The van der Waals surface area contributed by atoms with Crippen LogP contribution in [0.3, 0.4) is 0 Å². The minimum absolute atomic E-state index is 0.383. The van der Waals surface area contributed by atoms with Crippen LogP contribution in [0.25, 0.3) is 0 Å². The molecule has 1 heterocycles. The largest absolute Gasteiger partial charge is 0.369 e. The molecule has 0 saturated heterocycles. The van der Waals surface area contributed by atoms with Gasteiger partial charge in [0.2, 0.25) is 0 Å². The highest BCUT2D eigenvalue weighted by Gasteiger charge is 2.42. The Labute approximate surface area is 131 Å². The monoisotopic (exact) mass is 309 g/mol. The molecule has 1 atom stereocenters. The summed E-state index contributed by atoms with van der Waals surface area (Å²) in [6, 6.07) is 0. The highest BCUT2D eigenvalue weighted by atomic mass is 35.5. The van der Waals surface area contributed by atoms with Gasteiger partial charge in [-0.1, -0.05) is 56.7 Å². The summed E-state index contributed by atoms with van der Waals surface area (Å²) < 4.78 is 1.52. The summed E-state index contributed by atoms with van der Waals surface area (Å²) in [6.07, 6.45) is 9.58. The van der Waals surface area contributed by atoms with Gasteiger partial charge in [-0.05, 0) is 19.4 Å². The molecule has 1 aromatic rings. The first-order valence-electron chi connectivity index (χ1n) is 6.96. The van der Waals surface area contributed by atoms with E-state index in [4.69, 9.17) is 11.6 Å². The van der Waals surface area contributed by atoms with Crippen LogP contribution in [0.2, 0.25) is 0 Å². The molecule has 116 valence electrons. The van der Waals surface area contributed by atoms with Crippen LogP contribution in [0.15, 0.2) is 48.1 Å². The fraction of sp³-hybridized carbons (Fsp3) is 0.500. The van der Waals surface area contributed by atoms with Crippen molar-refractivity contribution in [2.45, 2.75) is 46.3 Å². The first kappa shape index (κ1) is 17.7. The van der Waals surface area contributed by atoms with Gasteiger partial charge in [0.05, 0.1) is 0 Å². The Hall–Kier alpha value is -1.39. The topological polar surface area (TPSA) is 50.9 Å². The number of rotatable bonds is 6. The molecule has 5 heteroatoms. The lowest BCUT2D eigenvalue weighted by atomic mass is 9.79. The molecule has 0 spiro atoms. The van der Waals surface area contributed by atoms with Crippen molar-refractivity contribution in [1.29, 1.82) is 0 Å². The second-order valence-corrected chi connectivity index (χ2v) is 6.51. The Balaban J connectivity index is 2.82. The number of nitrogens with zero attached hydrogens (tertiary/aromatic N) is 3. The summed E-state index contributed by atoms with van der Waals surface area (Å²) >= 11 is 5.91. The van der Waals surface area contributed by atoms with Crippen molar-refractivity contribution in [2.75, 3.05) is 0 Å². The van der Waals surface area contributed by atoms with Crippen molar-refractivity contribution in [3.05, 3.63) is 48.1 Å². The molecule has 0 saturated carbocycles. The number of halogens is 1. The van der Waals surface area contributed by atoms with Gasteiger partial charge >= 0.3 is 0 Å². The van der Waals surface area contributed by atoms with Gasteiger partial charge in [0.15, 0.2) is 5.72 Å². The SMILES string of the molecule is C=C(/C=C\C(Cl)=C/C)CCC(O)(n1cncn1)C(C)(C)C. The fourth-order valence-corrected chi connectivity index (χ4v) is 2.01. The summed E-state index contributed by atoms with van der Waals surface area (Å²) in [5.74, 6) is 0. The molecule has 0 amide bonds. The van der Waals surface area contributed by atoms with Gasteiger partial charge in [0, 0.05) is 16.9 Å². The summed E-state index contributed by atoms with van der Waals surface area (Å²) in [6.45, 7) is 11.8. The average molecular weight is 310 g/mol. The molecule has 0 bridgehead atoms. The van der Waals surface area contributed by atoms with E-state index >= 15 is 0 Å². The van der Waals surface area contributed by atoms with Gasteiger partial charge in [-0.15, -0.1) is 0 Å². The summed E-state index contributed by atoms with van der Waals surface area (Å²) in [4.78, 5) is 3.93. The summed E-state index contributed by atoms with van der Waals surface area (Å²) in [5.41, 5.74) is -0.603. The zero-order valence-electron chi connectivity index (χ0n) is 13.2. The first-order valence-corrected chi connectivity index (χ1v) is 7.33. The number of aromatic nitrogens is 3. The van der Waals surface area contributed by atoms with Crippen molar-refractivity contribution in [2.24, 2.45) is 5.41 Å². The maximum atomic E-state index is 11.0. The summed E-state index contributed by atoms with van der Waals surface area (Å²) in [7, 11) is 0. The normalized spacial score (nSPS) is 16.2. The fourth-order valence-electron chi connectivity index (χ4n) is 1.94. The Morgan fingerprint density at radius 2 is 2.05 bits per heavy atom. The first-order chi connectivity index (χ1) is 9.70. The zero-order chi connectivity index (χ0) is 16.1. The lowest BCUT2D eigenvalue weighted by Gasteiger charge is -2.40. The molecule has 0 radical (unpaired) electrons. The molecule has 0 aliphatic carbocycles. The quantitative estimate of drug-likeness (QED) is 0.808. The van der Waals surface area contributed by atoms with Crippen LogP contribution in [0.5, 0.6) is 0 Å². The molecule has 0 aromatic carbocycles. The van der Waals surface area contributed by atoms with E-state index in [0.717, 1.165) is 5.57 Å². The molecular weight excluding hydrogens is 286 g/mol. The maximum absolute atomic E-state index is 11.0. The predicted molar refractivity (Wildman–Crippen MR) is 86.8 cm³/mol. The Morgan fingerprint density at radius 1 is 1.38 bits per heavy atom. The van der Waals surface area contributed by atoms with E-state index in [1.165, 1.54) is 11.0 Å². The van der Waals surface area contributed by atoms with Crippen molar-refractivity contribution in [3.8, 4) is 0 Å². The second-order valence-electron chi connectivity index (χ2n) is 6.07. The van der Waals surface area contributed by atoms with Crippen LogP contribution in [-0.4, -0.2) is 19.9 Å².